The van der Waals surface area contributed by atoms with Crippen LogP contribution in [0.15, 0.2) is 48.5 Å². The van der Waals surface area contributed by atoms with Gasteiger partial charge in [-0.1, -0.05) is 24.3 Å². The molecule has 0 bridgehead atoms. The van der Waals surface area contributed by atoms with Crippen molar-refractivity contribution in [3.8, 4) is 0 Å². The summed E-state index contributed by atoms with van der Waals surface area (Å²) in [5.74, 6) is 0.746. The molecule has 1 aliphatic heterocycles. The predicted octanol–water partition coefficient (Wildman–Crippen LogP) is 2.10. The van der Waals surface area contributed by atoms with Crippen molar-refractivity contribution in [2.75, 3.05) is 25.0 Å². The Hall–Kier alpha value is -2.73. The molecule has 0 saturated carbocycles. The SMILES string of the molecule is O=C(C[NH+]1CCC[C@H](c2nc3ccccc3[nH]2)C1)Nc1ccccc1F. The van der Waals surface area contributed by atoms with Crippen LogP contribution in [-0.2, 0) is 4.79 Å². The molecule has 5 nitrogen and oxygen atoms in total. The van der Waals surface area contributed by atoms with Crippen molar-refractivity contribution >= 4 is 22.6 Å². The number of halogens is 1. The van der Waals surface area contributed by atoms with Gasteiger partial charge in [0.2, 0.25) is 0 Å². The van der Waals surface area contributed by atoms with Gasteiger partial charge in [-0.25, -0.2) is 9.37 Å². The van der Waals surface area contributed by atoms with Gasteiger partial charge in [-0.2, -0.15) is 0 Å². The number of likely N-dealkylation sites (tertiary alicyclic amines) is 1. The smallest absolute Gasteiger partial charge is 0.279 e. The lowest BCUT2D eigenvalue weighted by molar-refractivity contribution is -0.898. The van der Waals surface area contributed by atoms with E-state index < -0.39 is 5.82 Å². The second-order valence-corrected chi connectivity index (χ2v) is 6.89. The number of nitrogens with one attached hydrogen (secondary N) is 3. The maximum Gasteiger partial charge on any atom is 0.279 e. The second kappa shape index (κ2) is 7.25. The molecule has 2 aromatic carbocycles. The Bertz CT molecular complexity index is 890. The highest BCUT2D eigenvalue weighted by Crippen LogP contribution is 2.22. The van der Waals surface area contributed by atoms with Crippen molar-refractivity contribution in [3.63, 3.8) is 0 Å². The molecule has 1 unspecified atom stereocenters. The van der Waals surface area contributed by atoms with E-state index >= 15 is 0 Å². The van der Waals surface area contributed by atoms with Gasteiger partial charge in [-0.15, -0.1) is 0 Å². The van der Waals surface area contributed by atoms with Crippen LogP contribution in [0, 0.1) is 5.82 Å². The molecule has 2 heterocycles. The van der Waals surface area contributed by atoms with E-state index in [-0.39, 0.29) is 11.6 Å². The van der Waals surface area contributed by atoms with Crippen molar-refractivity contribution < 1.29 is 14.1 Å². The standard InChI is InChI=1S/C20H21FN4O/c21-15-7-1-2-8-16(15)22-19(26)13-25-11-5-6-14(12-25)20-23-17-9-3-4-10-18(17)24-20/h1-4,7-10,14H,5-6,11-13H2,(H,22,26)(H,23,24)/p+1/t14-/m0/s1. The van der Waals surface area contributed by atoms with Crippen LogP contribution in [0.5, 0.6) is 0 Å². The maximum atomic E-state index is 13.7. The molecular formula is C20H22FN4O+. The van der Waals surface area contributed by atoms with Crippen molar-refractivity contribution in [1.29, 1.82) is 0 Å². The molecule has 3 aromatic rings. The molecule has 0 radical (unpaired) electrons. The summed E-state index contributed by atoms with van der Waals surface area (Å²) in [6.07, 6.45) is 2.11. The highest BCUT2D eigenvalue weighted by atomic mass is 19.1. The number of aromatic nitrogens is 2. The second-order valence-electron chi connectivity index (χ2n) is 6.89. The average Bonchev–Trinajstić information content (AvgIpc) is 3.08. The minimum absolute atomic E-state index is 0.157. The van der Waals surface area contributed by atoms with Crippen LogP contribution in [0.3, 0.4) is 0 Å². The van der Waals surface area contributed by atoms with Crippen LogP contribution < -0.4 is 10.2 Å². The zero-order valence-electron chi connectivity index (χ0n) is 14.5. The quantitative estimate of drug-likeness (QED) is 0.673. The van der Waals surface area contributed by atoms with E-state index in [9.17, 15) is 9.18 Å². The number of imidazole rings is 1. The summed E-state index contributed by atoms with van der Waals surface area (Å²) in [7, 11) is 0. The summed E-state index contributed by atoms with van der Waals surface area (Å²) in [5.41, 5.74) is 2.27. The molecule has 3 N–H and O–H groups in total. The molecule has 2 atom stereocenters. The lowest BCUT2D eigenvalue weighted by Gasteiger charge is -2.28. The van der Waals surface area contributed by atoms with E-state index in [0.717, 1.165) is 42.8 Å². The fourth-order valence-electron chi connectivity index (χ4n) is 3.69. The van der Waals surface area contributed by atoms with Gasteiger partial charge in [0.1, 0.15) is 11.6 Å². The Morgan fingerprint density at radius 2 is 2.04 bits per heavy atom. The highest BCUT2D eigenvalue weighted by molar-refractivity contribution is 5.91. The van der Waals surface area contributed by atoms with Crippen LogP contribution in [0.25, 0.3) is 11.0 Å². The minimum atomic E-state index is -0.408. The van der Waals surface area contributed by atoms with E-state index in [1.807, 2.05) is 24.3 Å². The number of quaternary nitrogens is 1. The summed E-state index contributed by atoms with van der Waals surface area (Å²) in [6, 6.07) is 14.3. The molecule has 6 heteroatoms. The molecular weight excluding hydrogens is 331 g/mol. The summed E-state index contributed by atoms with van der Waals surface area (Å²) in [4.78, 5) is 21.6. The van der Waals surface area contributed by atoms with E-state index in [4.69, 9.17) is 4.98 Å². The Labute approximate surface area is 151 Å². The van der Waals surface area contributed by atoms with Crippen molar-refractivity contribution in [1.82, 2.24) is 9.97 Å². The van der Waals surface area contributed by atoms with Crippen molar-refractivity contribution in [3.05, 3.63) is 60.2 Å². The van der Waals surface area contributed by atoms with Crippen LogP contribution in [0.1, 0.15) is 24.6 Å². The summed E-state index contributed by atoms with van der Waals surface area (Å²) in [5, 5.41) is 2.68. The summed E-state index contributed by atoms with van der Waals surface area (Å²) in [6.45, 7) is 2.14. The zero-order chi connectivity index (χ0) is 17.9. The van der Waals surface area contributed by atoms with Gasteiger partial charge in [0.15, 0.2) is 6.54 Å². The molecule has 1 aliphatic rings. The molecule has 0 spiro atoms. The molecule has 1 fully saturated rings. The van der Waals surface area contributed by atoms with E-state index in [2.05, 4.69) is 10.3 Å². The highest BCUT2D eigenvalue weighted by Gasteiger charge is 2.28. The number of carbonyl (C=O) groups excluding carboxylic acids is 1. The Balaban J connectivity index is 1.40. The number of piperidine rings is 1. The van der Waals surface area contributed by atoms with Gasteiger partial charge in [0.25, 0.3) is 5.91 Å². The first kappa shape index (κ1) is 16.7. The number of para-hydroxylation sites is 3. The van der Waals surface area contributed by atoms with Crippen LogP contribution in [0.2, 0.25) is 0 Å². The Morgan fingerprint density at radius 1 is 1.23 bits per heavy atom. The molecule has 1 amide bonds. The number of benzene rings is 2. The number of anilines is 1. The first-order chi connectivity index (χ1) is 12.7. The van der Waals surface area contributed by atoms with E-state index in [1.165, 1.54) is 11.0 Å². The van der Waals surface area contributed by atoms with E-state index in [0.29, 0.717) is 12.5 Å². The molecule has 134 valence electrons. The molecule has 26 heavy (non-hydrogen) atoms. The van der Waals surface area contributed by atoms with Crippen molar-refractivity contribution in [2.24, 2.45) is 0 Å². The van der Waals surface area contributed by atoms with E-state index in [1.54, 1.807) is 18.2 Å². The van der Waals surface area contributed by atoms with Gasteiger partial charge >= 0.3 is 0 Å². The van der Waals surface area contributed by atoms with Crippen LogP contribution >= 0.6 is 0 Å². The number of nitrogens with zero attached hydrogens (tertiary/aromatic N) is 1. The number of rotatable bonds is 4. The third-order valence-corrected chi connectivity index (χ3v) is 4.97. The third-order valence-electron chi connectivity index (χ3n) is 4.97. The topological polar surface area (TPSA) is 62.2 Å². The predicted molar refractivity (Wildman–Crippen MR) is 98.7 cm³/mol. The number of hydrogen-bond donors (Lipinski definition) is 3. The Morgan fingerprint density at radius 3 is 2.88 bits per heavy atom. The normalized spacial score (nSPS) is 20.2. The Kier molecular flexibility index (Phi) is 4.67. The first-order valence-electron chi connectivity index (χ1n) is 9.01. The number of fused-ring (bicyclic) bond motifs is 1. The average molecular weight is 353 g/mol. The largest absolute Gasteiger partial charge is 0.342 e. The lowest BCUT2D eigenvalue weighted by atomic mass is 9.97. The molecule has 4 rings (SSSR count). The number of amides is 1. The van der Waals surface area contributed by atoms with Gasteiger partial charge in [0, 0.05) is 0 Å². The van der Waals surface area contributed by atoms with Gasteiger partial charge < -0.3 is 15.2 Å². The zero-order valence-corrected chi connectivity index (χ0v) is 14.5. The molecule has 1 aromatic heterocycles. The summed E-state index contributed by atoms with van der Waals surface area (Å²) >= 11 is 0. The third kappa shape index (κ3) is 3.60. The minimum Gasteiger partial charge on any atom is -0.342 e. The van der Waals surface area contributed by atoms with Gasteiger partial charge in [-0.3, -0.25) is 4.79 Å². The van der Waals surface area contributed by atoms with Gasteiger partial charge in [0.05, 0.1) is 35.7 Å². The van der Waals surface area contributed by atoms with Gasteiger partial charge in [-0.05, 0) is 37.1 Å². The number of carbonyl (C=O) groups is 1. The fourth-order valence-corrected chi connectivity index (χ4v) is 3.69. The first-order valence-corrected chi connectivity index (χ1v) is 9.01. The number of hydrogen-bond acceptors (Lipinski definition) is 2. The molecule has 1 saturated heterocycles. The maximum absolute atomic E-state index is 13.7. The van der Waals surface area contributed by atoms with Crippen molar-refractivity contribution in [2.45, 2.75) is 18.8 Å². The van der Waals surface area contributed by atoms with Crippen LogP contribution in [-0.4, -0.2) is 35.5 Å². The summed E-state index contributed by atoms with van der Waals surface area (Å²) < 4.78 is 13.7. The molecule has 0 aliphatic carbocycles. The fraction of sp³-hybridized carbons (Fsp3) is 0.300. The number of aromatic amines is 1. The number of H-pyrrole nitrogens is 1. The van der Waals surface area contributed by atoms with Crippen LogP contribution in [0.4, 0.5) is 10.1 Å². The monoisotopic (exact) mass is 353 g/mol. The lowest BCUT2D eigenvalue weighted by Crippen LogP contribution is -3.14.